The lowest BCUT2D eigenvalue weighted by Gasteiger charge is -2.08. The average Bonchev–Trinajstić information content (AvgIpc) is 2.15. The maximum Gasteiger partial charge on any atom is 0.413 e. The molecule has 0 saturated carbocycles. The van der Waals surface area contributed by atoms with Gasteiger partial charge in [0.1, 0.15) is 4.90 Å². The quantitative estimate of drug-likeness (QED) is 0.763. The van der Waals surface area contributed by atoms with Crippen LogP contribution in [0.4, 0.5) is 13.2 Å². The van der Waals surface area contributed by atoms with Crippen LogP contribution in [-0.4, -0.2) is 26.2 Å². The molecule has 1 rings (SSSR count). The highest BCUT2D eigenvalue weighted by molar-refractivity contribution is 7.89. The number of rotatable bonds is 4. The second kappa shape index (κ2) is 4.85. The maximum absolute atomic E-state index is 11.7. The summed E-state index contributed by atoms with van der Waals surface area (Å²) in [5.74, 6) is 0. The fraction of sp³-hybridized carbons (Fsp3) is 0.286. The SMILES string of the molecule is O=c1cc[nH]cc1S(=O)(=O)NOCC(F)(F)F. The van der Waals surface area contributed by atoms with Crippen molar-refractivity contribution >= 4 is 10.0 Å². The van der Waals surface area contributed by atoms with Crippen LogP contribution in [0.25, 0.3) is 0 Å². The minimum atomic E-state index is -4.67. The van der Waals surface area contributed by atoms with Crippen molar-refractivity contribution in [1.29, 1.82) is 0 Å². The number of hydrogen-bond donors (Lipinski definition) is 2. The van der Waals surface area contributed by atoms with E-state index in [0.717, 1.165) is 12.3 Å². The van der Waals surface area contributed by atoms with Crippen LogP contribution in [-0.2, 0) is 14.9 Å². The van der Waals surface area contributed by atoms with Crippen molar-refractivity contribution < 1.29 is 26.4 Å². The highest BCUT2D eigenvalue weighted by Crippen LogP contribution is 2.14. The van der Waals surface area contributed by atoms with Crippen molar-refractivity contribution in [3.8, 4) is 0 Å². The molecule has 0 amide bonds. The molecular weight excluding hydrogens is 265 g/mol. The summed E-state index contributed by atoms with van der Waals surface area (Å²) in [6, 6.07) is 0.915. The van der Waals surface area contributed by atoms with E-state index in [1.807, 2.05) is 0 Å². The van der Waals surface area contributed by atoms with Crippen LogP contribution < -0.4 is 10.3 Å². The van der Waals surface area contributed by atoms with Crippen LogP contribution >= 0.6 is 0 Å². The van der Waals surface area contributed by atoms with E-state index < -0.39 is 33.1 Å². The Morgan fingerprint density at radius 3 is 2.59 bits per heavy atom. The molecule has 0 aliphatic heterocycles. The van der Waals surface area contributed by atoms with Gasteiger partial charge >= 0.3 is 6.18 Å². The number of aromatic amines is 1. The largest absolute Gasteiger partial charge is 0.413 e. The Labute approximate surface area is 93.4 Å². The number of hydrogen-bond acceptors (Lipinski definition) is 4. The first-order valence-corrected chi connectivity index (χ1v) is 5.58. The van der Waals surface area contributed by atoms with Crippen molar-refractivity contribution in [3.05, 3.63) is 28.7 Å². The van der Waals surface area contributed by atoms with E-state index in [9.17, 15) is 26.4 Å². The van der Waals surface area contributed by atoms with Crippen molar-refractivity contribution in [1.82, 2.24) is 9.87 Å². The van der Waals surface area contributed by atoms with E-state index in [0.29, 0.717) is 0 Å². The fourth-order valence-electron chi connectivity index (χ4n) is 0.845. The molecular formula is C7H7F3N2O4S. The topological polar surface area (TPSA) is 88.3 Å². The molecule has 1 aromatic rings. The second-order valence-corrected chi connectivity index (χ2v) is 4.48. The van der Waals surface area contributed by atoms with E-state index in [2.05, 4.69) is 9.82 Å². The molecule has 0 spiro atoms. The number of halogens is 3. The maximum atomic E-state index is 11.7. The third-order valence-corrected chi connectivity index (χ3v) is 2.72. The molecule has 1 aromatic heterocycles. The van der Waals surface area contributed by atoms with Crippen LogP contribution in [0.5, 0.6) is 0 Å². The second-order valence-electron chi connectivity index (χ2n) is 2.86. The number of alkyl halides is 3. The lowest BCUT2D eigenvalue weighted by atomic mass is 10.5. The minimum absolute atomic E-state index is 0.734. The standard InChI is InChI=1S/C7H7F3N2O4S/c8-7(9,10)4-16-12-17(14,15)6-3-11-2-1-5(6)13/h1-3,12H,4H2,(H,11,13). The Bertz CT molecular complexity index is 537. The predicted molar refractivity (Wildman–Crippen MR) is 49.4 cm³/mol. The van der Waals surface area contributed by atoms with E-state index in [1.54, 1.807) is 0 Å². The molecule has 1 heterocycles. The summed E-state index contributed by atoms with van der Waals surface area (Å²) in [6.07, 6.45) is -2.66. The third-order valence-electron chi connectivity index (χ3n) is 1.48. The minimum Gasteiger partial charge on any atom is -0.366 e. The van der Waals surface area contributed by atoms with E-state index in [1.165, 1.54) is 11.1 Å². The molecule has 0 radical (unpaired) electrons. The zero-order valence-electron chi connectivity index (χ0n) is 8.11. The molecule has 2 N–H and O–H groups in total. The molecule has 0 unspecified atom stereocenters. The van der Waals surface area contributed by atoms with Crippen LogP contribution in [0.1, 0.15) is 0 Å². The normalized spacial score (nSPS) is 12.6. The van der Waals surface area contributed by atoms with Crippen LogP contribution in [0.15, 0.2) is 28.2 Å². The number of pyridine rings is 1. The molecule has 0 atom stereocenters. The first-order chi connectivity index (χ1) is 7.72. The summed E-state index contributed by atoms with van der Waals surface area (Å²) in [4.78, 5) is 17.7. The van der Waals surface area contributed by atoms with E-state index in [4.69, 9.17) is 0 Å². The molecule has 0 aromatic carbocycles. The van der Waals surface area contributed by atoms with Crippen LogP contribution in [0.2, 0.25) is 0 Å². The van der Waals surface area contributed by atoms with Gasteiger partial charge in [0.2, 0.25) is 5.43 Å². The summed E-state index contributed by atoms with van der Waals surface area (Å²) in [5.41, 5.74) is -0.869. The molecule has 0 aliphatic rings. The van der Waals surface area contributed by atoms with Crippen LogP contribution in [0.3, 0.4) is 0 Å². The van der Waals surface area contributed by atoms with Crippen molar-refractivity contribution in [2.24, 2.45) is 0 Å². The Morgan fingerprint density at radius 1 is 1.41 bits per heavy atom. The van der Waals surface area contributed by atoms with Crippen molar-refractivity contribution in [2.45, 2.75) is 11.1 Å². The first-order valence-electron chi connectivity index (χ1n) is 4.10. The van der Waals surface area contributed by atoms with E-state index >= 15 is 0 Å². The Hall–Kier alpha value is -1.39. The molecule has 0 fully saturated rings. The van der Waals surface area contributed by atoms with Gasteiger partial charge in [0.05, 0.1) is 0 Å². The molecule has 0 saturated heterocycles. The molecule has 6 nitrogen and oxygen atoms in total. The lowest BCUT2D eigenvalue weighted by molar-refractivity contribution is -0.181. The Balaban J connectivity index is 2.78. The number of sulfonamides is 1. The van der Waals surface area contributed by atoms with Gasteiger partial charge < -0.3 is 4.98 Å². The first kappa shape index (κ1) is 13.7. The zero-order chi connectivity index (χ0) is 13.1. The summed E-state index contributed by atoms with van der Waals surface area (Å²) in [6.45, 7) is -1.79. The summed E-state index contributed by atoms with van der Waals surface area (Å²) >= 11 is 0. The molecule has 96 valence electrons. The van der Waals surface area contributed by atoms with Crippen molar-refractivity contribution in [3.63, 3.8) is 0 Å². The van der Waals surface area contributed by atoms with Gasteiger partial charge in [-0.15, -0.1) is 0 Å². The highest BCUT2D eigenvalue weighted by Gasteiger charge is 2.29. The lowest BCUT2D eigenvalue weighted by Crippen LogP contribution is -2.32. The smallest absolute Gasteiger partial charge is 0.366 e. The third kappa shape index (κ3) is 4.17. The number of nitrogens with one attached hydrogen (secondary N) is 2. The summed E-state index contributed by atoms with van der Waals surface area (Å²) in [5, 5.41) is 0. The van der Waals surface area contributed by atoms with Crippen LogP contribution in [0, 0.1) is 0 Å². The van der Waals surface area contributed by atoms with Gasteiger partial charge in [-0.2, -0.15) is 13.2 Å². The summed E-state index contributed by atoms with van der Waals surface area (Å²) in [7, 11) is -4.43. The molecule has 0 aliphatic carbocycles. The Kier molecular flexibility index (Phi) is 3.91. The van der Waals surface area contributed by atoms with Crippen molar-refractivity contribution in [2.75, 3.05) is 6.61 Å². The average molecular weight is 272 g/mol. The van der Waals surface area contributed by atoms with Gasteiger partial charge in [-0.05, 0) is 0 Å². The molecule has 0 bridgehead atoms. The zero-order valence-corrected chi connectivity index (χ0v) is 8.93. The van der Waals surface area contributed by atoms with Gasteiger partial charge in [-0.1, -0.05) is 4.89 Å². The van der Waals surface area contributed by atoms with E-state index in [-0.39, 0.29) is 0 Å². The Morgan fingerprint density at radius 2 is 2.06 bits per heavy atom. The van der Waals surface area contributed by atoms with Gasteiger partial charge in [0, 0.05) is 18.5 Å². The van der Waals surface area contributed by atoms with Gasteiger partial charge in [-0.3, -0.25) is 9.63 Å². The van der Waals surface area contributed by atoms with Gasteiger partial charge in [0.25, 0.3) is 10.0 Å². The number of aromatic nitrogens is 1. The molecule has 17 heavy (non-hydrogen) atoms. The summed E-state index contributed by atoms with van der Waals surface area (Å²) < 4.78 is 57.7. The highest BCUT2D eigenvalue weighted by atomic mass is 32.2. The number of H-pyrrole nitrogens is 1. The van der Waals surface area contributed by atoms with Gasteiger partial charge in [0.15, 0.2) is 6.61 Å². The fourth-order valence-corrected chi connectivity index (χ4v) is 1.70. The van der Waals surface area contributed by atoms with Gasteiger partial charge in [-0.25, -0.2) is 8.42 Å². The molecule has 10 heteroatoms. The monoisotopic (exact) mass is 272 g/mol. The predicted octanol–water partition coefficient (Wildman–Crippen LogP) is 0.147.